The van der Waals surface area contributed by atoms with Gasteiger partial charge in [-0.15, -0.1) is 0 Å². The van der Waals surface area contributed by atoms with E-state index in [-0.39, 0.29) is 5.75 Å². The summed E-state index contributed by atoms with van der Waals surface area (Å²) in [5, 5.41) is 0. The van der Waals surface area contributed by atoms with Gasteiger partial charge < -0.3 is 4.74 Å². The van der Waals surface area contributed by atoms with Gasteiger partial charge in [0.25, 0.3) is 0 Å². The third kappa shape index (κ3) is 3.54. The second kappa shape index (κ2) is 6.52. The third-order valence-corrected chi connectivity index (χ3v) is 6.16. The number of aryl methyl sites for hydroxylation is 3. The van der Waals surface area contributed by atoms with Crippen LogP contribution in [-0.2, 0) is 10.0 Å². The summed E-state index contributed by atoms with van der Waals surface area (Å²) in [6, 6.07) is 10.4. The van der Waals surface area contributed by atoms with Crippen LogP contribution in [0.2, 0.25) is 0 Å². The number of esters is 1. The molecule has 1 aliphatic rings. The number of nitrogens with zero attached hydrogens (tertiary/aromatic N) is 1. The Bertz CT molecular complexity index is 894. The standard InChI is InChI=1S/C19H21NO4S/c1-13-11-14(2)18(15(3)12-13)24-19(21)16-5-7-17(8-6-16)20-9-4-10-25(20,22)23/h5-8,11-12H,4,9-10H2,1-3H3. The molecule has 1 heterocycles. The Morgan fingerprint density at radius 2 is 1.64 bits per heavy atom. The summed E-state index contributed by atoms with van der Waals surface area (Å²) in [5.41, 5.74) is 3.90. The van der Waals surface area contributed by atoms with Crippen LogP contribution in [0.5, 0.6) is 5.75 Å². The van der Waals surface area contributed by atoms with Crippen LogP contribution in [-0.4, -0.2) is 26.7 Å². The fraction of sp³-hybridized carbons (Fsp3) is 0.316. The Morgan fingerprint density at radius 3 is 2.16 bits per heavy atom. The molecule has 0 bridgehead atoms. The molecule has 0 spiro atoms. The van der Waals surface area contributed by atoms with Gasteiger partial charge in [0.1, 0.15) is 5.75 Å². The van der Waals surface area contributed by atoms with Crippen molar-refractivity contribution in [2.75, 3.05) is 16.6 Å². The molecule has 0 atom stereocenters. The molecule has 132 valence electrons. The van der Waals surface area contributed by atoms with E-state index in [1.807, 2.05) is 32.9 Å². The van der Waals surface area contributed by atoms with Crippen LogP contribution in [0, 0.1) is 20.8 Å². The maximum absolute atomic E-state index is 12.4. The van der Waals surface area contributed by atoms with E-state index in [4.69, 9.17) is 4.74 Å². The summed E-state index contributed by atoms with van der Waals surface area (Å²) in [6.45, 7) is 6.29. The Morgan fingerprint density at radius 1 is 1.04 bits per heavy atom. The van der Waals surface area contributed by atoms with Gasteiger partial charge in [-0.3, -0.25) is 4.31 Å². The van der Waals surface area contributed by atoms with E-state index in [0.29, 0.717) is 30.0 Å². The van der Waals surface area contributed by atoms with Crippen molar-refractivity contribution in [1.29, 1.82) is 0 Å². The topological polar surface area (TPSA) is 63.7 Å². The number of hydrogen-bond donors (Lipinski definition) is 0. The highest BCUT2D eigenvalue weighted by Crippen LogP contribution is 2.27. The molecule has 0 amide bonds. The zero-order valence-electron chi connectivity index (χ0n) is 14.6. The van der Waals surface area contributed by atoms with Gasteiger partial charge in [-0.05, 0) is 62.6 Å². The fourth-order valence-corrected chi connectivity index (χ4v) is 4.74. The number of anilines is 1. The summed E-state index contributed by atoms with van der Waals surface area (Å²) in [7, 11) is -3.22. The zero-order valence-corrected chi connectivity index (χ0v) is 15.4. The van der Waals surface area contributed by atoms with E-state index in [1.165, 1.54) is 4.31 Å². The lowest BCUT2D eigenvalue weighted by Gasteiger charge is -2.17. The molecule has 2 aromatic carbocycles. The van der Waals surface area contributed by atoms with E-state index in [0.717, 1.165) is 16.7 Å². The molecule has 0 saturated carbocycles. The van der Waals surface area contributed by atoms with Crippen LogP contribution in [0.15, 0.2) is 36.4 Å². The number of carbonyl (C=O) groups excluding carboxylic acids is 1. The van der Waals surface area contributed by atoms with Crippen LogP contribution in [0.3, 0.4) is 0 Å². The lowest BCUT2D eigenvalue weighted by Crippen LogP contribution is -2.25. The lowest BCUT2D eigenvalue weighted by atomic mass is 10.1. The first-order chi connectivity index (χ1) is 11.8. The van der Waals surface area contributed by atoms with E-state index < -0.39 is 16.0 Å². The zero-order chi connectivity index (χ0) is 18.2. The van der Waals surface area contributed by atoms with Crippen molar-refractivity contribution in [1.82, 2.24) is 0 Å². The molecule has 0 unspecified atom stereocenters. The Labute approximate surface area is 148 Å². The van der Waals surface area contributed by atoms with Crippen molar-refractivity contribution in [3.05, 3.63) is 58.7 Å². The first-order valence-electron chi connectivity index (χ1n) is 8.18. The number of sulfonamides is 1. The highest BCUT2D eigenvalue weighted by Gasteiger charge is 2.28. The molecule has 1 aliphatic heterocycles. The van der Waals surface area contributed by atoms with Gasteiger partial charge in [0.2, 0.25) is 10.0 Å². The first kappa shape index (κ1) is 17.5. The summed E-state index contributed by atoms with van der Waals surface area (Å²) >= 11 is 0. The largest absolute Gasteiger partial charge is 0.422 e. The van der Waals surface area contributed by atoms with Gasteiger partial charge in [-0.2, -0.15) is 0 Å². The highest BCUT2D eigenvalue weighted by atomic mass is 32.2. The number of carbonyl (C=O) groups is 1. The monoisotopic (exact) mass is 359 g/mol. The van der Waals surface area contributed by atoms with Gasteiger partial charge in [-0.1, -0.05) is 17.7 Å². The first-order valence-corrected chi connectivity index (χ1v) is 9.79. The van der Waals surface area contributed by atoms with Crippen LogP contribution < -0.4 is 9.04 Å². The minimum Gasteiger partial charge on any atom is -0.422 e. The molecular weight excluding hydrogens is 338 g/mol. The van der Waals surface area contributed by atoms with Gasteiger partial charge >= 0.3 is 5.97 Å². The molecule has 2 aromatic rings. The Balaban J connectivity index is 1.80. The predicted octanol–water partition coefficient (Wildman–Crippen LogP) is 3.37. The molecule has 1 saturated heterocycles. The molecule has 6 heteroatoms. The van der Waals surface area contributed by atoms with E-state index in [1.54, 1.807) is 24.3 Å². The second-order valence-corrected chi connectivity index (χ2v) is 8.42. The minimum absolute atomic E-state index is 0.169. The SMILES string of the molecule is Cc1cc(C)c(OC(=O)c2ccc(N3CCCS3(=O)=O)cc2)c(C)c1. The number of benzene rings is 2. The van der Waals surface area contributed by atoms with Crippen molar-refractivity contribution in [3.8, 4) is 5.75 Å². The van der Waals surface area contributed by atoms with Crippen LogP contribution in [0.25, 0.3) is 0 Å². The van der Waals surface area contributed by atoms with Gasteiger partial charge in [0, 0.05) is 6.54 Å². The average molecular weight is 359 g/mol. The van der Waals surface area contributed by atoms with E-state index >= 15 is 0 Å². The van der Waals surface area contributed by atoms with Crippen molar-refractivity contribution in [2.45, 2.75) is 27.2 Å². The van der Waals surface area contributed by atoms with E-state index in [2.05, 4.69) is 0 Å². The molecular formula is C19H21NO4S. The summed E-state index contributed by atoms with van der Waals surface area (Å²) in [4.78, 5) is 12.4. The quantitative estimate of drug-likeness (QED) is 0.623. The minimum atomic E-state index is -3.22. The normalized spacial score (nSPS) is 16.0. The van der Waals surface area contributed by atoms with Crippen molar-refractivity contribution < 1.29 is 17.9 Å². The lowest BCUT2D eigenvalue weighted by molar-refractivity contribution is 0.0732. The smallest absolute Gasteiger partial charge is 0.343 e. The molecule has 5 nitrogen and oxygen atoms in total. The van der Waals surface area contributed by atoms with Crippen LogP contribution in [0.4, 0.5) is 5.69 Å². The van der Waals surface area contributed by atoms with Gasteiger partial charge in [0.15, 0.2) is 0 Å². The van der Waals surface area contributed by atoms with Crippen molar-refractivity contribution in [3.63, 3.8) is 0 Å². The molecule has 1 fully saturated rings. The maximum atomic E-state index is 12.4. The molecule has 0 aliphatic carbocycles. The molecule has 0 radical (unpaired) electrons. The van der Waals surface area contributed by atoms with Crippen LogP contribution >= 0.6 is 0 Å². The number of hydrogen-bond acceptors (Lipinski definition) is 4. The van der Waals surface area contributed by atoms with Crippen molar-refractivity contribution >= 4 is 21.7 Å². The second-order valence-electron chi connectivity index (χ2n) is 6.41. The summed E-state index contributed by atoms with van der Waals surface area (Å²) in [5.74, 6) is 0.288. The molecule has 0 aromatic heterocycles. The summed E-state index contributed by atoms with van der Waals surface area (Å²) in [6.07, 6.45) is 0.623. The van der Waals surface area contributed by atoms with Crippen LogP contribution in [0.1, 0.15) is 33.5 Å². The third-order valence-electron chi connectivity index (χ3n) is 4.29. The summed E-state index contributed by atoms with van der Waals surface area (Å²) < 4.78 is 30.9. The average Bonchev–Trinajstić information content (AvgIpc) is 2.90. The Hall–Kier alpha value is -2.34. The molecule has 0 N–H and O–H groups in total. The fourth-order valence-electron chi connectivity index (χ4n) is 3.17. The molecule has 3 rings (SSSR count). The predicted molar refractivity (Wildman–Crippen MR) is 97.8 cm³/mol. The number of rotatable bonds is 3. The van der Waals surface area contributed by atoms with E-state index in [9.17, 15) is 13.2 Å². The van der Waals surface area contributed by atoms with Gasteiger partial charge in [0.05, 0.1) is 17.0 Å². The molecule has 25 heavy (non-hydrogen) atoms. The maximum Gasteiger partial charge on any atom is 0.343 e. The number of ether oxygens (including phenoxy) is 1. The highest BCUT2D eigenvalue weighted by molar-refractivity contribution is 7.93. The Kier molecular flexibility index (Phi) is 4.56. The van der Waals surface area contributed by atoms with Gasteiger partial charge in [-0.25, -0.2) is 13.2 Å². The van der Waals surface area contributed by atoms with Crippen molar-refractivity contribution in [2.24, 2.45) is 0 Å².